The predicted molar refractivity (Wildman–Crippen MR) is 132 cm³/mol. The number of likely N-dealkylation sites (tertiary alicyclic amines) is 1. The van der Waals surface area contributed by atoms with E-state index < -0.39 is 5.60 Å². The van der Waals surface area contributed by atoms with Gasteiger partial charge in [-0.1, -0.05) is 49.7 Å². The van der Waals surface area contributed by atoms with Crippen LogP contribution >= 0.6 is 11.6 Å². The van der Waals surface area contributed by atoms with Crippen molar-refractivity contribution < 1.29 is 19.0 Å². The molecule has 3 atom stereocenters. The van der Waals surface area contributed by atoms with E-state index in [1.54, 1.807) is 12.0 Å². The molecule has 180 valence electrons. The van der Waals surface area contributed by atoms with Gasteiger partial charge in [0.15, 0.2) is 0 Å². The van der Waals surface area contributed by atoms with E-state index in [0.717, 1.165) is 11.3 Å². The van der Waals surface area contributed by atoms with Crippen molar-refractivity contribution in [2.24, 2.45) is 11.8 Å². The van der Waals surface area contributed by atoms with Crippen molar-refractivity contribution in [2.75, 3.05) is 20.2 Å². The summed E-state index contributed by atoms with van der Waals surface area (Å²) >= 11 is 6.17. The van der Waals surface area contributed by atoms with Crippen LogP contribution in [0.5, 0.6) is 5.75 Å². The van der Waals surface area contributed by atoms with Gasteiger partial charge in [0.1, 0.15) is 11.4 Å². The van der Waals surface area contributed by atoms with Crippen molar-refractivity contribution in [1.82, 2.24) is 4.90 Å². The van der Waals surface area contributed by atoms with Crippen LogP contribution in [0.1, 0.15) is 51.7 Å². The first-order valence-corrected chi connectivity index (χ1v) is 11.9. The maximum atomic E-state index is 13.0. The summed E-state index contributed by atoms with van der Waals surface area (Å²) in [6.07, 6.45) is -0.470. The number of amides is 1. The smallest absolute Gasteiger partial charge is 0.410 e. The highest BCUT2D eigenvalue weighted by Crippen LogP contribution is 2.40. The molecule has 0 N–H and O–H groups in total. The van der Waals surface area contributed by atoms with Crippen LogP contribution in [0.15, 0.2) is 48.5 Å². The maximum absolute atomic E-state index is 13.0. The summed E-state index contributed by atoms with van der Waals surface area (Å²) in [5.74, 6) is 1.52. The number of halogens is 1. The summed E-state index contributed by atoms with van der Waals surface area (Å²) in [6.45, 7) is 11.6. The number of rotatable bonds is 6. The number of ether oxygens (including phenoxy) is 3. The molecule has 6 heteroatoms. The number of carbonyl (C=O) groups is 1. The first-order chi connectivity index (χ1) is 15.6. The SMILES string of the molecule is COc1ccc(COC2CN(C(=O)OC(C)(C)C)CC(C(C)C)C2c2ccc(Cl)cc2)cc1. The van der Waals surface area contributed by atoms with Crippen LogP contribution in [-0.4, -0.2) is 42.9 Å². The Bertz CT molecular complexity index is 905. The summed E-state index contributed by atoms with van der Waals surface area (Å²) in [5.41, 5.74) is 1.69. The van der Waals surface area contributed by atoms with Crippen LogP contribution in [0.2, 0.25) is 5.02 Å². The van der Waals surface area contributed by atoms with E-state index in [4.69, 9.17) is 25.8 Å². The van der Waals surface area contributed by atoms with Gasteiger partial charge in [0.2, 0.25) is 0 Å². The third-order valence-electron chi connectivity index (χ3n) is 6.08. The molecule has 0 saturated carbocycles. The highest BCUT2D eigenvalue weighted by Gasteiger charge is 2.42. The number of nitrogens with zero attached hydrogens (tertiary/aromatic N) is 1. The summed E-state index contributed by atoms with van der Waals surface area (Å²) in [6, 6.07) is 15.9. The predicted octanol–water partition coefficient (Wildman–Crippen LogP) is 6.54. The van der Waals surface area contributed by atoms with Crippen LogP contribution in [0.25, 0.3) is 0 Å². The topological polar surface area (TPSA) is 48.0 Å². The lowest BCUT2D eigenvalue weighted by Crippen LogP contribution is -2.53. The number of piperidine rings is 1. The molecule has 0 aliphatic carbocycles. The molecule has 0 bridgehead atoms. The van der Waals surface area contributed by atoms with E-state index in [0.29, 0.717) is 30.6 Å². The molecule has 1 aliphatic heterocycles. The molecule has 1 fully saturated rings. The van der Waals surface area contributed by atoms with Crippen molar-refractivity contribution in [3.8, 4) is 5.75 Å². The van der Waals surface area contributed by atoms with Gasteiger partial charge in [0, 0.05) is 17.5 Å². The zero-order valence-corrected chi connectivity index (χ0v) is 21.3. The van der Waals surface area contributed by atoms with Crippen molar-refractivity contribution in [1.29, 1.82) is 0 Å². The first kappa shape index (κ1) is 25.4. The van der Waals surface area contributed by atoms with E-state index in [-0.39, 0.29) is 24.0 Å². The van der Waals surface area contributed by atoms with Crippen molar-refractivity contribution in [3.05, 3.63) is 64.7 Å². The molecule has 3 unspecified atom stereocenters. The zero-order chi connectivity index (χ0) is 24.2. The van der Waals surface area contributed by atoms with Gasteiger partial charge in [0.05, 0.1) is 26.4 Å². The van der Waals surface area contributed by atoms with E-state index in [1.807, 2.05) is 57.2 Å². The average Bonchev–Trinajstić information content (AvgIpc) is 2.77. The molecule has 3 rings (SSSR count). The fraction of sp³-hybridized carbons (Fsp3) is 0.519. The summed E-state index contributed by atoms with van der Waals surface area (Å²) in [5, 5.41) is 0.710. The van der Waals surface area contributed by atoms with Gasteiger partial charge in [-0.15, -0.1) is 0 Å². The number of carbonyl (C=O) groups excluding carboxylic acids is 1. The molecule has 0 spiro atoms. The van der Waals surface area contributed by atoms with Crippen molar-refractivity contribution in [2.45, 2.75) is 58.8 Å². The Morgan fingerprint density at radius 3 is 2.24 bits per heavy atom. The van der Waals surface area contributed by atoms with E-state index >= 15 is 0 Å². The molecule has 0 radical (unpaired) electrons. The largest absolute Gasteiger partial charge is 0.497 e. The molecule has 2 aromatic rings. The lowest BCUT2D eigenvalue weighted by atomic mass is 9.73. The van der Waals surface area contributed by atoms with E-state index in [9.17, 15) is 4.79 Å². The molecule has 5 nitrogen and oxygen atoms in total. The molecule has 1 amide bonds. The van der Waals surface area contributed by atoms with Crippen LogP contribution in [0.3, 0.4) is 0 Å². The van der Waals surface area contributed by atoms with Gasteiger partial charge in [-0.3, -0.25) is 0 Å². The fourth-order valence-electron chi connectivity index (χ4n) is 4.38. The lowest BCUT2D eigenvalue weighted by Gasteiger charge is -2.45. The quantitative estimate of drug-likeness (QED) is 0.477. The Labute approximate surface area is 203 Å². The van der Waals surface area contributed by atoms with E-state index in [2.05, 4.69) is 26.0 Å². The van der Waals surface area contributed by atoms with Crippen molar-refractivity contribution in [3.63, 3.8) is 0 Å². The normalized spacial score (nSPS) is 21.2. The molecule has 0 aromatic heterocycles. The number of hydrogen-bond donors (Lipinski definition) is 0. The highest BCUT2D eigenvalue weighted by atomic mass is 35.5. The third kappa shape index (κ3) is 6.87. The highest BCUT2D eigenvalue weighted by molar-refractivity contribution is 6.30. The third-order valence-corrected chi connectivity index (χ3v) is 6.33. The summed E-state index contributed by atoms with van der Waals surface area (Å²) < 4.78 is 17.5. The average molecular weight is 474 g/mol. The minimum Gasteiger partial charge on any atom is -0.497 e. The Kier molecular flexibility index (Phi) is 8.30. The van der Waals surface area contributed by atoms with Gasteiger partial charge in [-0.25, -0.2) is 4.79 Å². The van der Waals surface area contributed by atoms with Gasteiger partial charge in [0.25, 0.3) is 0 Å². The Hall–Kier alpha value is -2.24. The first-order valence-electron chi connectivity index (χ1n) is 11.6. The van der Waals surface area contributed by atoms with Gasteiger partial charge in [-0.05, 0) is 68.0 Å². The Balaban J connectivity index is 1.88. The minimum atomic E-state index is -0.545. The van der Waals surface area contributed by atoms with Crippen molar-refractivity contribution >= 4 is 17.7 Å². The fourth-order valence-corrected chi connectivity index (χ4v) is 4.50. The second-order valence-electron chi connectivity index (χ2n) is 10.1. The zero-order valence-electron chi connectivity index (χ0n) is 20.5. The van der Waals surface area contributed by atoms with Crippen LogP contribution in [-0.2, 0) is 16.1 Å². The molecular formula is C27H36ClNO4. The van der Waals surface area contributed by atoms with Crippen LogP contribution in [0.4, 0.5) is 4.79 Å². The summed E-state index contributed by atoms with van der Waals surface area (Å²) in [4.78, 5) is 14.8. The molecule has 2 aromatic carbocycles. The second kappa shape index (κ2) is 10.8. The van der Waals surface area contributed by atoms with E-state index in [1.165, 1.54) is 5.56 Å². The number of benzene rings is 2. The Morgan fingerprint density at radius 2 is 1.70 bits per heavy atom. The van der Waals surface area contributed by atoms with Crippen LogP contribution in [0, 0.1) is 11.8 Å². The molecule has 33 heavy (non-hydrogen) atoms. The number of hydrogen-bond acceptors (Lipinski definition) is 4. The van der Waals surface area contributed by atoms with Crippen LogP contribution < -0.4 is 4.74 Å². The molecular weight excluding hydrogens is 438 g/mol. The minimum absolute atomic E-state index is 0.138. The second-order valence-corrected chi connectivity index (χ2v) is 10.5. The van der Waals surface area contributed by atoms with Gasteiger partial charge < -0.3 is 19.1 Å². The lowest BCUT2D eigenvalue weighted by molar-refractivity contribution is -0.0595. The molecule has 1 saturated heterocycles. The number of methoxy groups -OCH3 is 1. The van der Waals surface area contributed by atoms with Gasteiger partial charge >= 0.3 is 6.09 Å². The summed E-state index contributed by atoms with van der Waals surface area (Å²) in [7, 11) is 1.65. The molecule has 1 heterocycles. The Morgan fingerprint density at radius 1 is 1.06 bits per heavy atom. The maximum Gasteiger partial charge on any atom is 0.410 e. The van der Waals surface area contributed by atoms with Gasteiger partial charge in [-0.2, -0.15) is 0 Å². The standard InChI is InChI=1S/C27H36ClNO4/c1-18(2)23-15-29(26(30)33-27(3,4)5)16-24(25(23)20-9-11-21(28)12-10-20)32-17-19-7-13-22(31-6)14-8-19/h7-14,18,23-25H,15-17H2,1-6H3. The monoisotopic (exact) mass is 473 g/mol. The molecule has 1 aliphatic rings.